The number of hydrogen-bond donors (Lipinski definition) is 1. The fourth-order valence-corrected chi connectivity index (χ4v) is 2.84. The predicted octanol–water partition coefficient (Wildman–Crippen LogP) is 4.51. The first kappa shape index (κ1) is 20.9. The van der Waals surface area contributed by atoms with Crippen LogP contribution in [0.1, 0.15) is 21.5 Å². The van der Waals surface area contributed by atoms with Gasteiger partial charge in [-0.2, -0.15) is 9.67 Å². The van der Waals surface area contributed by atoms with Crippen LogP contribution in [0.25, 0.3) is 0 Å². The molecule has 0 atom stereocenters. The van der Waals surface area contributed by atoms with Crippen molar-refractivity contribution < 1.29 is 9.36 Å². The van der Waals surface area contributed by atoms with Gasteiger partial charge in [0.1, 0.15) is 5.56 Å². The van der Waals surface area contributed by atoms with Crippen LogP contribution >= 0.6 is 35.6 Å². The van der Waals surface area contributed by atoms with E-state index in [0.717, 1.165) is 5.56 Å². The Morgan fingerprint density at radius 2 is 1.85 bits per heavy atom. The van der Waals surface area contributed by atoms with Gasteiger partial charge in [-0.15, -0.1) is 12.4 Å². The molecule has 1 aromatic heterocycles. The first-order valence-corrected chi connectivity index (χ1v) is 8.69. The zero-order valence-electron chi connectivity index (χ0n) is 14.2. The van der Waals surface area contributed by atoms with Crippen LogP contribution in [0.3, 0.4) is 0 Å². The highest BCUT2D eigenvalue weighted by molar-refractivity contribution is 6.36. The lowest BCUT2D eigenvalue weighted by atomic mass is 10.2. The molecule has 1 N–H and O–H groups in total. The van der Waals surface area contributed by atoms with Gasteiger partial charge in [0.2, 0.25) is 0 Å². The van der Waals surface area contributed by atoms with Crippen molar-refractivity contribution in [2.45, 2.75) is 6.54 Å². The molecule has 1 amide bonds. The molecule has 0 bridgehead atoms. The summed E-state index contributed by atoms with van der Waals surface area (Å²) in [6.07, 6.45) is 5.19. The van der Waals surface area contributed by atoms with Crippen LogP contribution in [0.4, 0.5) is 0 Å². The number of nitrogens with one attached hydrogen (secondary N) is 1. The number of nitrogens with zero attached hydrogens (tertiary/aromatic N) is 2. The molecule has 0 aliphatic carbocycles. The molecule has 2 aromatic carbocycles. The number of pyridine rings is 1. The minimum atomic E-state index is -0.297. The zero-order valence-corrected chi connectivity index (χ0v) is 16.5. The number of benzene rings is 2. The van der Waals surface area contributed by atoms with Crippen molar-refractivity contribution in [3.8, 4) is 0 Å². The second kappa shape index (κ2) is 10.1. The molecule has 0 spiro atoms. The Morgan fingerprint density at radius 1 is 1.07 bits per heavy atom. The lowest BCUT2D eigenvalue weighted by Gasteiger charge is -2.01. The quantitative estimate of drug-likeness (QED) is 0.367. The molecule has 0 saturated carbocycles. The molecule has 1 heterocycles. The molecule has 27 heavy (non-hydrogen) atoms. The van der Waals surface area contributed by atoms with E-state index in [-0.39, 0.29) is 18.3 Å². The van der Waals surface area contributed by atoms with E-state index in [1.54, 1.807) is 30.5 Å². The Kier molecular flexibility index (Phi) is 7.80. The predicted molar refractivity (Wildman–Crippen MR) is 111 cm³/mol. The molecule has 0 saturated heterocycles. The van der Waals surface area contributed by atoms with Gasteiger partial charge in [-0.3, -0.25) is 4.79 Å². The minimum absolute atomic E-state index is 0. The second-order valence-corrected chi connectivity index (χ2v) is 6.46. The Labute approximate surface area is 173 Å². The second-order valence-electron chi connectivity index (χ2n) is 5.62. The lowest BCUT2D eigenvalue weighted by Crippen LogP contribution is -2.35. The molecule has 4 nitrogen and oxygen atoms in total. The lowest BCUT2D eigenvalue weighted by molar-refractivity contribution is -0.688. The maximum atomic E-state index is 12.3. The maximum absolute atomic E-state index is 12.3. The topological polar surface area (TPSA) is 45.3 Å². The summed E-state index contributed by atoms with van der Waals surface area (Å²) in [5.74, 6) is -0.297. The van der Waals surface area contributed by atoms with Gasteiger partial charge in [0.05, 0.1) is 11.2 Å². The minimum Gasteiger partial charge on any atom is -0.267 e. The number of hydrogen-bond acceptors (Lipinski definition) is 2. The monoisotopic (exact) mass is 420 g/mol. The summed E-state index contributed by atoms with van der Waals surface area (Å²) in [5.41, 5.74) is 4.85. The van der Waals surface area contributed by atoms with E-state index in [9.17, 15) is 4.79 Å². The van der Waals surface area contributed by atoms with E-state index in [0.29, 0.717) is 27.7 Å². The van der Waals surface area contributed by atoms with Crippen molar-refractivity contribution in [3.05, 3.63) is 99.8 Å². The third kappa shape index (κ3) is 6.07. The van der Waals surface area contributed by atoms with Gasteiger partial charge >= 0.3 is 0 Å². The molecule has 0 aliphatic rings. The molecule has 3 rings (SSSR count). The van der Waals surface area contributed by atoms with Crippen LogP contribution in [0.15, 0.2) is 78.2 Å². The van der Waals surface area contributed by atoms with Crippen LogP contribution in [-0.4, -0.2) is 12.1 Å². The molecular formula is C20H17Cl3N3O+. The molecule has 0 aliphatic heterocycles. The third-order valence-electron chi connectivity index (χ3n) is 3.66. The normalized spacial score (nSPS) is 10.4. The van der Waals surface area contributed by atoms with Crippen LogP contribution in [0, 0.1) is 0 Å². The van der Waals surface area contributed by atoms with Gasteiger partial charge in [-0.1, -0.05) is 59.6 Å². The summed E-state index contributed by atoms with van der Waals surface area (Å²) in [7, 11) is 0. The fraction of sp³-hybridized carbons (Fsp3) is 0.0500. The average Bonchev–Trinajstić information content (AvgIpc) is 2.64. The molecule has 0 unspecified atom stereocenters. The van der Waals surface area contributed by atoms with Crippen molar-refractivity contribution in [2.24, 2.45) is 5.10 Å². The van der Waals surface area contributed by atoms with Gasteiger partial charge in [-0.05, 0) is 18.2 Å². The summed E-state index contributed by atoms with van der Waals surface area (Å²) in [6.45, 7) is 0.686. The highest BCUT2D eigenvalue weighted by atomic mass is 35.5. The zero-order chi connectivity index (χ0) is 18.4. The van der Waals surface area contributed by atoms with E-state index in [2.05, 4.69) is 10.5 Å². The summed E-state index contributed by atoms with van der Waals surface area (Å²) < 4.78 is 1.95. The first-order chi connectivity index (χ1) is 12.6. The number of carbonyl (C=O) groups is 1. The van der Waals surface area contributed by atoms with Gasteiger partial charge in [0.25, 0.3) is 5.91 Å². The summed E-state index contributed by atoms with van der Waals surface area (Å²) in [6, 6.07) is 18.7. The molecular weight excluding hydrogens is 405 g/mol. The molecule has 0 radical (unpaired) electrons. The smallest absolute Gasteiger partial charge is 0.267 e. The molecule has 0 fully saturated rings. The van der Waals surface area contributed by atoms with Crippen LogP contribution in [-0.2, 0) is 6.54 Å². The molecule has 3 aromatic rings. The number of carbonyl (C=O) groups excluding carboxylic acids is 1. The molecule has 7 heteroatoms. The van der Waals surface area contributed by atoms with Crippen molar-refractivity contribution in [3.63, 3.8) is 0 Å². The highest BCUT2D eigenvalue weighted by Crippen LogP contribution is 2.19. The Morgan fingerprint density at radius 3 is 2.59 bits per heavy atom. The van der Waals surface area contributed by atoms with Gasteiger partial charge in [-0.25, -0.2) is 5.43 Å². The standard InChI is InChI=1S/C20H15Cl2N3O.ClH/c21-18-9-8-16(19(22)11-18)12-23-24-20(26)17-7-4-10-25(14-17)13-15-5-2-1-3-6-15;/h1-12,14H,13H2;1H/p+1/b23-12+;. The maximum Gasteiger partial charge on any atom is 0.277 e. The number of rotatable bonds is 5. The fourth-order valence-electron chi connectivity index (χ4n) is 2.38. The van der Waals surface area contributed by atoms with Crippen LogP contribution in [0.2, 0.25) is 10.0 Å². The van der Waals surface area contributed by atoms with Gasteiger partial charge in [0, 0.05) is 22.2 Å². The number of hydrazone groups is 1. The van der Waals surface area contributed by atoms with E-state index >= 15 is 0 Å². The summed E-state index contributed by atoms with van der Waals surface area (Å²) in [4.78, 5) is 12.3. The Hall–Kier alpha value is -2.40. The van der Waals surface area contributed by atoms with E-state index in [1.807, 2.05) is 47.2 Å². The van der Waals surface area contributed by atoms with Crippen molar-refractivity contribution in [1.82, 2.24) is 5.43 Å². The summed E-state index contributed by atoms with van der Waals surface area (Å²) >= 11 is 11.9. The Bertz CT molecular complexity index is 946. The van der Waals surface area contributed by atoms with E-state index in [1.165, 1.54) is 6.21 Å². The molecule has 138 valence electrons. The van der Waals surface area contributed by atoms with Crippen molar-refractivity contribution in [2.75, 3.05) is 0 Å². The SMILES string of the molecule is Cl.O=C(N/N=C/c1ccc(Cl)cc1Cl)c1ccc[n+](Cc2ccccc2)c1. The van der Waals surface area contributed by atoms with Gasteiger partial charge in [0.15, 0.2) is 18.9 Å². The van der Waals surface area contributed by atoms with E-state index < -0.39 is 0 Å². The average molecular weight is 422 g/mol. The van der Waals surface area contributed by atoms with Crippen LogP contribution < -0.4 is 9.99 Å². The number of amides is 1. The van der Waals surface area contributed by atoms with Crippen LogP contribution in [0.5, 0.6) is 0 Å². The Balaban J connectivity index is 0.00000261. The largest absolute Gasteiger partial charge is 0.277 e. The highest BCUT2D eigenvalue weighted by Gasteiger charge is 2.10. The summed E-state index contributed by atoms with van der Waals surface area (Å²) in [5, 5.41) is 4.97. The number of halogens is 3. The van der Waals surface area contributed by atoms with Crippen molar-refractivity contribution >= 4 is 47.7 Å². The van der Waals surface area contributed by atoms with E-state index in [4.69, 9.17) is 23.2 Å². The van der Waals surface area contributed by atoms with Crippen molar-refractivity contribution in [1.29, 1.82) is 0 Å². The third-order valence-corrected chi connectivity index (χ3v) is 4.22. The first-order valence-electron chi connectivity index (χ1n) is 7.93. The van der Waals surface area contributed by atoms with Gasteiger partial charge < -0.3 is 0 Å². The number of aromatic nitrogens is 1.